The first-order valence-corrected chi connectivity index (χ1v) is 12.7. The van der Waals surface area contributed by atoms with E-state index in [0.717, 1.165) is 19.3 Å². The summed E-state index contributed by atoms with van der Waals surface area (Å²) in [4.78, 5) is 12.7. The van der Waals surface area contributed by atoms with Gasteiger partial charge in [0.05, 0.1) is 11.3 Å². The second kappa shape index (κ2) is 11.0. The van der Waals surface area contributed by atoms with Gasteiger partial charge < -0.3 is 9.88 Å². The van der Waals surface area contributed by atoms with Gasteiger partial charge in [-0.25, -0.2) is 4.39 Å². The summed E-state index contributed by atoms with van der Waals surface area (Å²) in [6, 6.07) is 17.0. The van der Waals surface area contributed by atoms with E-state index >= 15 is 0 Å². The number of thioether (sulfide) groups is 1. The quantitative estimate of drug-likeness (QED) is 0.454. The van der Waals surface area contributed by atoms with E-state index in [1.54, 1.807) is 18.2 Å². The summed E-state index contributed by atoms with van der Waals surface area (Å²) in [5, 5.41) is 12.5. The summed E-state index contributed by atoms with van der Waals surface area (Å²) in [7, 11) is 0. The molecule has 1 aliphatic rings. The molecule has 1 aromatic heterocycles. The topological polar surface area (TPSA) is 59.8 Å². The van der Waals surface area contributed by atoms with Crippen molar-refractivity contribution in [3.63, 3.8) is 0 Å². The Kier molecular flexibility index (Phi) is 7.81. The smallest absolute Gasteiger partial charge is 0.230 e. The van der Waals surface area contributed by atoms with Crippen LogP contribution in [0.3, 0.4) is 0 Å². The maximum absolute atomic E-state index is 14.5. The van der Waals surface area contributed by atoms with Crippen molar-refractivity contribution in [3.05, 3.63) is 66.0 Å². The monoisotopic (exact) mass is 466 g/mol. The number of halogens is 1. The van der Waals surface area contributed by atoms with E-state index in [1.807, 2.05) is 22.8 Å². The number of aryl methyl sites for hydroxylation is 1. The third-order valence-electron chi connectivity index (χ3n) is 6.68. The number of hydrogen-bond donors (Lipinski definition) is 1. The minimum atomic E-state index is -0.333. The minimum absolute atomic E-state index is 0.0102. The summed E-state index contributed by atoms with van der Waals surface area (Å²) in [6.07, 6.45) is 4.18. The highest BCUT2D eigenvalue weighted by Gasteiger charge is 2.28. The van der Waals surface area contributed by atoms with Crippen molar-refractivity contribution in [2.45, 2.75) is 57.3 Å². The molecule has 5 nitrogen and oxygen atoms in total. The zero-order valence-electron chi connectivity index (χ0n) is 19.2. The van der Waals surface area contributed by atoms with Gasteiger partial charge in [-0.2, -0.15) is 0 Å². The van der Waals surface area contributed by atoms with Crippen molar-refractivity contribution in [1.82, 2.24) is 20.1 Å². The fraction of sp³-hybridized carbons (Fsp3) is 0.423. The molecular formula is C26H31FN4OS. The fourth-order valence-corrected chi connectivity index (χ4v) is 5.26. The van der Waals surface area contributed by atoms with Gasteiger partial charge >= 0.3 is 0 Å². The molecule has 3 atom stereocenters. The van der Waals surface area contributed by atoms with Crippen molar-refractivity contribution < 1.29 is 9.18 Å². The van der Waals surface area contributed by atoms with E-state index in [1.165, 1.54) is 29.8 Å². The molecule has 174 valence electrons. The predicted octanol–water partition coefficient (Wildman–Crippen LogP) is 5.36. The van der Waals surface area contributed by atoms with Crippen LogP contribution in [0.1, 0.15) is 38.7 Å². The molecule has 1 aliphatic carbocycles. The lowest BCUT2D eigenvalue weighted by atomic mass is 9.78. The Balaban J connectivity index is 1.48. The molecule has 1 heterocycles. The van der Waals surface area contributed by atoms with Gasteiger partial charge in [-0.1, -0.05) is 80.9 Å². The van der Waals surface area contributed by atoms with Crippen molar-refractivity contribution >= 4 is 17.7 Å². The van der Waals surface area contributed by atoms with Gasteiger partial charge in [-0.05, 0) is 42.4 Å². The van der Waals surface area contributed by atoms with Crippen LogP contribution < -0.4 is 5.32 Å². The normalized spacial score (nSPS) is 20.5. The maximum atomic E-state index is 14.5. The molecule has 1 fully saturated rings. The number of aromatic nitrogens is 3. The van der Waals surface area contributed by atoms with Crippen molar-refractivity contribution in [2.24, 2.45) is 11.8 Å². The second-order valence-corrected chi connectivity index (χ2v) is 9.85. The summed E-state index contributed by atoms with van der Waals surface area (Å²) < 4.78 is 16.4. The van der Waals surface area contributed by atoms with Crippen molar-refractivity contribution in [3.8, 4) is 11.4 Å². The van der Waals surface area contributed by atoms with E-state index in [4.69, 9.17) is 0 Å². The Labute approximate surface area is 199 Å². The average molecular weight is 467 g/mol. The summed E-state index contributed by atoms with van der Waals surface area (Å²) >= 11 is 1.36. The van der Waals surface area contributed by atoms with Gasteiger partial charge in [-0.3, -0.25) is 4.79 Å². The van der Waals surface area contributed by atoms with Crippen LogP contribution >= 0.6 is 11.8 Å². The number of benzene rings is 2. The number of amides is 1. The Morgan fingerprint density at radius 1 is 1.09 bits per heavy atom. The lowest BCUT2D eigenvalue weighted by Gasteiger charge is -2.34. The molecule has 1 N–H and O–H groups in total. The standard InChI is InChI=1S/C26H31FN4OS/c1-18-9-8-14-23(19(18)2)28-24(32)17-33-26-30-29-25(21-12-6-7-13-22(21)27)31(26)16-15-20-10-4-3-5-11-20/h3-7,10-13,18-19,23H,8-9,14-17H2,1-2H3,(H,28,32)/t18-,19+,23-/m1/s1. The summed E-state index contributed by atoms with van der Waals surface area (Å²) in [5.74, 6) is 1.53. The van der Waals surface area contributed by atoms with Crippen molar-refractivity contribution in [2.75, 3.05) is 5.75 Å². The first-order valence-electron chi connectivity index (χ1n) is 11.7. The largest absolute Gasteiger partial charge is 0.352 e. The highest BCUT2D eigenvalue weighted by Crippen LogP contribution is 2.30. The molecule has 0 spiro atoms. The lowest BCUT2D eigenvalue weighted by Crippen LogP contribution is -2.44. The van der Waals surface area contributed by atoms with Crippen LogP contribution in [0, 0.1) is 17.7 Å². The first-order chi connectivity index (χ1) is 16.0. The highest BCUT2D eigenvalue weighted by atomic mass is 32.2. The highest BCUT2D eigenvalue weighted by molar-refractivity contribution is 7.99. The van der Waals surface area contributed by atoms with Crippen LogP contribution in [0.15, 0.2) is 59.8 Å². The minimum Gasteiger partial charge on any atom is -0.352 e. The van der Waals surface area contributed by atoms with E-state index in [0.29, 0.717) is 34.9 Å². The Hall–Kier alpha value is -2.67. The number of rotatable bonds is 8. The molecule has 0 bridgehead atoms. The molecule has 1 amide bonds. The van der Waals surface area contributed by atoms with Crippen molar-refractivity contribution in [1.29, 1.82) is 0 Å². The third kappa shape index (κ3) is 5.82. The SMILES string of the molecule is C[C@H]1[C@H](C)CCC[C@H]1NC(=O)CSc1nnc(-c2ccccc2F)n1CCc1ccccc1. The second-order valence-electron chi connectivity index (χ2n) is 8.90. The van der Waals surface area contributed by atoms with Crippen LogP contribution in [-0.4, -0.2) is 32.5 Å². The Morgan fingerprint density at radius 3 is 2.64 bits per heavy atom. The van der Waals surface area contributed by atoms with Gasteiger partial charge in [-0.15, -0.1) is 10.2 Å². The molecule has 0 aliphatic heterocycles. The number of carbonyl (C=O) groups is 1. The van der Waals surface area contributed by atoms with E-state index in [2.05, 4.69) is 41.5 Å². The molecular weight excluding hydrogens is 435 g/mol. The fourth-order valence-electron chi connectivity index (χ4n) is 4.49. The molecule has 2 aromatic carbocycles. The lowest BCUT2D eigenvalue weighted by molar-refractivity contribution is -0.120. The van der Waals surface area contributed by atoms with Crippen LogP contribution in [0.4, 0.5) is 4.39 Å². The Morgan fingerprint density at radius 2 is 1.85 bits per heavy atom. The molecule has 4 rings (SSSR count). The van der Waals surface area contributed by atoms with Gasteiger partial charge in [0.25, 0.3) is 0 Å². The van der Waals surface area contributed by atoms with Crippen LogP contribution in [0.25, 0.3) is 11.4 Å². The molecule has 0 saturated heterocycles. The molecule has 0 unspecified atom stereocenters. The summed E-state index contributed by atoms with van der Waals surface area (Å²) in [6.45, 7) is 5.09. The predicted molar refractivity (Wildman–Crippen MR) is 130 cm³/mol. The summed E-state index contributed by atoms with van der Waals surface area (Å²) in [5.41, 5.74) is 1.60. The number of hydrogen-bond acceptors (Lipinski definition) is 4. The number of nitrogens with one attached hydrogen (secondary N) is 1. The first kappa shape index (κ1) is 23.5. The van der Waals surface area contributed by atoms with Crippen LogP contribution in [0.2, 0.25) is 0 Å². The van der Waals surface area contributed by atoms with Gasteiger partial charge in [0.2, 0.25) is 5.91 Å². The average Bonchev–Trinajstić information content (AvgIpc) is 3.23. The molecule has 1 saturated carbocycles. The zero-order valence-corrected chi connectivity index (χ0v) is 20.0. The Bertz CT molecular complexity index is 1070. The number of carbonyl (C=O) groups excluding carboxylic acids is 1. The maximum Gasteiger partial charge on any atom is 0.230 e. The van der Waals surface area contributed by atoms with Gasteiger partial charge in [0.1, 0.15) is 5.82 Å². The van der Waals surface area contributed by atoms with Gasteiger partial charge in [0, 0.05) is 12.6 Å². The molecule has 33 heavy (non-hydrogen) atoms. The third-order valence-corrected chi connectivity index (χ3v) is 7.65. The van der Waals surface area contributed by atoms with Gasteiger partial charge in [0.15, 0.2) is 11.0 Å². The number of nitrogens with zero attached hydrogens (tertiary/aromatic N) is 3. The zero-order chi connectivity index (χ0) is 23.2. The van der Waals surface area contributed by atoms with E-state index in [9.17, 15) is 9.18 Å². The molecule has 3 aromatic rings. The van der Waals surface area contributed by atoms with Crippen LogP contribution in [0.5, 0.6) is 0 Å². The van der Waals surface area contributed by atoms with Crippen LogP contribution in [-0.2, 0) is 17.8 Å². The van der Waals surface area contributed by atoms with E-state index in [-0.39, 0.29) is 23.5 Å². The molecule has 0 radical (unpaired) electrons. The molecule has 7 heteroatoms. The van der Waals surface area contributed by atoms with E-state index < -0.39 is 0 Å².